The molecule has 1 aromatic rings. The number of allylic oxidation sites excluding steroid dienone is 4. The molecule has 0 radical (unpaired) electrons. The molecule has 1 N–H and O–H groups in total. The Hall–Kier alpha value is -3.15. The maximum atomic E-state index is 13.6. The van der Waals surface area contributed by atoms with E-state index in [9.17, 15) is 14.4 Å². The highest BCUT2D eigenvalue weighted by Crippen LogP contribution is 2.37. The summed E-state index contributed by atoms with van der Waals surface area (Å²) in [4.78, 5) is 41.0. The van der Waals surface area contributed by atoms with Crippen molar-refractivity contribution in [3.63, 3.8) is 0 Å². The van der Waals surface area contributed by atoms with Gasteiger partial charge in [0.2, 0.25) is 11.8 Å². The van der Waals surface area contributed by atoms with Crippen LogP contribution in [0.3, 0.4) is 0 Å². The Morgan fingerprint density at radius 1 is 1.02 bits per heavy atom. The van der Waals surface area contributed by atoms with Gasteiger partial charge >= 0.3 is 5.97 Å². The number of aryl methyl sites for hydroxylation is 1. The number of nitrogens with zero attached hydrogens (tertiary/aromatic N) is 1. The first-order valence-corrected chi connectivity index (χ1v) is 14.8. The predicted molar refractivity (Wildman–Crippen MR) is 167 cm³/mol. The number of hydrogen-bond acceptors (Lipinski definition) is 4. The van der Waals surface area contributed by atoms with E-state index < -0.39 is 10.8 Å². The molecule has 0 atom stereocenters. The highest BCUT2D eigenvalue weighted by molar-refractivity contribution is 5.83. The fraction of sp³-hybridized carbons (Fsp3) is 0.571. The van der Waals surface area contributed by atoms with Crippen molar-refractivity contribution in [2.75, 3.05) is 13.2 Å². The summed E-state index contributed by atoms with van der Waals surface area (Å²) >= 11 is 0. The van der Waals surface area contributed by atoms with Crippen LogP contribution in [0.5, 0.6) is 0 Å². The predicted octanol–water partition coefficient (Wildman–Crippen LogP) is 7.30. The molecule has 2 amide bonds. The van der Waals surface area contributed by atoms with Gasteiger partial charge in [-0.15, -0.1) is 0 Å². The summed E-state index contributed by atoms with van der Waals surface area (Å²) in [6.07, 6.45) is 9.07. The van der Waals surface area contributed by atoms with Crippen molar-refractivity contribution >= 4 is 17.8 Å². The van der Waals surface area contributed by atoms with Crippen LogP contribution < -0.4 is 5.32 Å². The van der Waals surface area contributed by atoms with Crippen LogP contribution in [0.15, 0.2) is 60.3 Å². The molecule has 1 aliphatic rings. The summed E-state index contributed by atoms with van der Waals surface area (Å²) in [5, 5.41) is 2.98. The maximum Gasteiger partial charge on any atom is 0.306 e. The van der Waals surface area contributed by atoms with Crippen LogP contribution >= 0.6 is 0 Å². The smallest absolute Gasteiger partial charge is 0.306 e. The van der Waals surface area contributed by atoms with Gasteiger partial charge in [-0.3, -0.25) is 14.4 Å². The average Bonchev–Trinajstić information content (AvgIpc) is 2.84. The van der Waals surface area contributed by atoms with Crippen LogP contribution in [0.1, 0.15) is 98.6 Å². The van der Waals surface area contributed by atoms with E-state index in [1.165, 1.54) is 5.56 Å². The molecule has 0 aliphatic carbocycles. The zero-order valence-electron chi connectivity index (χ0n) is 26.7. The van der Waals surface area contributed by atoms with Crippen molar-refractivity contribution in [1.82, 2.24) is 10.2 Å². The molecule has 6 heteroatoms. The largest absolute Gasteiger partial charge is 0.466 e. The first-order valence-electron chi connectivity index (χ1n) is 14.8. The lowest BCUT2D eigenvalue weighted by atomic mass is 9.73. The van der Waals surface area contributed by atoms with E-state index in [-0.39, 0.29) is 42.6 Å². The monoisotopic (exact) mass is 564 g/mol. The van der Waals surface area contributed by atoms with Gasteiger partial charge in [-0.2, -0.15) is 0 Å². The Labute approximate surface area is 248 Å². The molecule has 1 aromatic carbocycles. The number of benzene rings is 1. The zero-order valence-corrected chi connectivity index (χ0v) is 26.7. The highest BCUT2D eigenvalue weighted by atomic mass is 16.5. The Bertz CT molecular complexity index is 1150. The van der Waals surface area contributed by atoms with Gasteiger partial charge in [0.1, 0.15) is 0 Å². The number of carbonyl (C=O) groups excluding carboxylic acids is 3. The van der Waals surface area contributed by atoms with Crippen molar-refractivity contribution in [2.45, 2.75) is 100 Å². The van der Waals surface area contributed by atoms with E-state index in [1.54, 1.807) is 6.08 Å². The molecule has 1 heterocycles. The summed E-state index contributed by atoms with van der Waals surface area (Å²) in [6, 6.07) is 8.26. The van der Waals surface area contributed by atoms with Crippen LogP contribution in [0.25, 0.3) is 0 Å². The Balaban J connectivity index is 2.01. The van der Waals surface area contributed by atoms with E-state index >= 15 is 0 Å². The van der Waals surface area contributed by atoms with Crippen molar-refractivity contribution < 1.29 is 19.1 Å². The van der Waals surface area contributed by atoms with Gasteiger partial charge in [0, 0.05) is 24.1 Å². The van der Waals surface area contributed by atoms with Crippen LogP contribution in [-0.4, -0.2) is 35.8 Å². The second-order valence-corrected chi connectivity index (χ2v) is 13.9. The quantitative estimate of drug-likeness (QED) is 0.214. The van der Waals surface area contributed by atoms with Gasteiger partial charge < -0.3 is 15.0 Å². The number of hydrogen-bond donors (Lipinski definition) is 1. The Morgan fingerprint density at radius 3 is 2.32 bits per heavy atom. The summed E-state index contributed by atoms with van der Waals surface area (Å²) in [6.45, 7) is 21.1. The summed E-state index contributed by atoms with van der Waals surface area (Å²) in [7, 11) is 0. The van der Waals surface area contributed by atoms with E-state index in [2.05, 4.69) is 51.7 Å². The van der Waals surface area contributed by atoms with E-state index in [0.717, 1.165) is 36.1 Å². The van der Waals surface area contributed by atoms with Crippen molar-refractivity contribution in [3.8, 4) is 0 Å². The lowest BCUT2D eigenvalue weighted by Crippen LogP contribution is -2.42. The van der Waals surface area contributed by atoms with Gasteiger partial charge in [0.15, 0.2) is 0 Å². The van der Waals surface area contributed by atoms with E-state index in [4.69, 9.17) is 4.74 Å². The summed E-state index contributed by atoms with van der Waals surface area (Å²) in [5.41, 5.74) is 3.42. The first-order chi connectivity index (χ1) is 19.0. The molecule has 0 saturated carbocycles. The second-order valence-electron chi connectivity index (χ2n) is 13.9. The first kappa shape index (κ1) is 34.1. The maximum absolute atomic E-state index is 13.6. The average molecular weight is 565 g/mol. The minimum absolute atomic E-state index is 0.0406. The molecule has 0 aromatic heterocycles. The molecule has 41 heavy (non-hydrogen) atoms. The SMILES string of the molecule is C=C/C=C\C1=C(/C)CCc2ccccc2CN1C(=O)CCNC(=O)C(C)(C)CC(C)(C)CC(=O)OCCC(C)(C)C. The van der Waals surface area contributed by atoms with Crippen molar-refractivity contribution in [3.05, 3.63) is 71.5 Å². The number of ether oxygens (including phenoxy) is 1. The van der Waals surface area contributed by atoms with Crippen LogP contribution in [-0.2, 0) is 32.1 Å². The Kier molecular flexibility index (Phi) is 12.2. The lowest BCUT2D eigenvalue weighted by molar-refractivity contribution is -0.148. The standard InChI is InChI=1S/C35H52N2O4/c1-10-11-16-29-26(2)17-18-27-14-12-13-15-28(27)24-37(29)30(38)19-21-36-32(40)35(8,9)25-34(6,7)23-31(39)41-22-20-33(3,4)5/h10-16H,1,17-25H2,2-9H3,(H,36,40)/b16-11-,29-26-. The van der Waals surface area contributed by atoms with Crippen molar-refractivity contribution in [1.29, 1.82) is 0 Å². The van der Waals surface area contributed by atoms with Crippen LogP contribution in [0, 0.1) is 16.2 Å². The summed E-state index contributed by atoms with van der Waals surface area (Å²) < 4.78 is 5.46. The molecule has 1 aliphatic heterocycles. The van der Waals surface area contributed by atoms with Crippen molar-refractivity contribution in [2.24, 2.45) is 16.2 Å². The lowest BCUT2D eigenvalue weighted by Gasteiger charge is -2.33. The van der Waals surface area contributed by atoms with Gasteiger partial charge in [0.05, 0.1) is 19.6 Å². The topological polar surface area (TPSA) is 75.7 Å². The summed E-state index contributed by atoms with van der Waals surface area (Å²) in [5.74, 6) is -0.405. The molecule has 0 fully saturated rings. The number of fused-ring (bicyclic) bond motifs is 1. The van der Waals surface area contributed by atoms with Gasteiger partial charge in [-0.05, 0) is 66.2 Å². The molecule has 2 rings (SSSR count). The Morgan fingerprint density at radius 2 is 1.68 bits per heavy atom. The fourth-order valence-electron chi connectivity index (χ4n) is 5.41. The van der Waals surface area contributed by atoms with E-state index in [1.807, 2.05) is 56.9 Å². The molecule has 226 valence electrons. The molecule has 0 spiro atoms. The number of rotatable bonds is 12. The van der Waals surface area contributed by atoms with Gasteiger partial charge in [-0.1, -0.05) is 91.5 Å². The highest BCUT2D eigenvalue weighted by Gasteiger charge is 2.36. The number of carbonyl (C=O) groups is 3. The normalized spacial score (nSPS) is 16.5. The molecule has 6 nitrogen and oxygen atoms in total. The minimum Gasteiger partial charge on any atom is -0.466 e. The van der Waals surface area contributed by atoms with Crippen LogP contribution in [0.4, 0.5) is 0 Å². The third kappa shape index (κ3) is 11.3. The molecular formula is C35H52N2O4. The molecule has 0 saturated heterocycles. The van der Waals surface area contributed by atoms with E-state index in [0.29, 0.717) is 19.6 Å². The molecule has 0 bridgehead atoms. The third-order valence-corrected chi connectivity index (χ3v) is 7.53. The third-order valence-electron chi connectivity index (χ3n) is 7.53. The number of amides is 2. The zero-order chi connectivity index (χ0) is 30.8. The van der Waals surface area contributed by atoms with Crippen LogP contribution in [0.2, 0.25) is 0 Å². The molecule has 0 unspecified atom stereocenters. The minimum atomic E-state index is -0.716. The van der Waals surface area contributed by atoms with Gasteiger partial charge in [0.25, 0.3) is 0 Å². The number of esters is 1. The second kappa shape index (κ2) is 14.7. The van der Waals surface area contributed by atoms with Gasteiger partial charge in [-0.25, -0.2) is 0 Å². The fourth-order valence-corrected chi connectivity index (χ4v) is 5.41. The molecular weight excluding hydrogens is 512 g/mol. The number of nitrogens with one attached hydrogen (secondary N) is 1.